The summed E-state index contributed by atoms with van der Waals surface area (Å²) in [5.74, 6) is 1.41. The Morgan fingerprint density at radius 3 is 2.69 bits per heavy atom. The first-order valence-corrected chi connectivity index (χ1v) is 12.8. The summed E-state index contributed by atoms with van der Waals surface area (Å²) in [6.07, 6.45) is 9.92. The van der Waals surface area contributed by atoms with Crippen molar-refractivity contribution in [2.24, 2.45) is 11.8 Å². The van der Waals surface area contributed by atoms with Gasteiger partial charge in [-0.3, -0.25) is 4.79 Å². The number of carbonyl (C=O) groups is 1. The fourth-order valence-corrected chi connectivity index (χ4v) is 6.40. The van der Waals surface area contributed by atoms with Gasteiger partial charge in [-0.1, -0.05) is 66.7 Å². The molecule has 5 heteroatoms. The number of hydrogen-bond donors (Lipinski definition) is 1. The Bertz CT molecular complexity index is 986. The van der Waals surface area contributed by atoms with E-state index in [-0.39, 0.29) is 11.9 Å². The van der Waals surface area contributed by atoms with Crippen LogP contribution in [-0.2, 0) is 22.4 Å². The number of carbonyl (C=O) groups excluding carboxylic acids is 1. The molecule has 0 amide bonds. The molecule has 3 atom stereocenters. The fraction of sp³-hybridized carbons (Fsp3) is 0.519. The van der Waals surface area contributed by atoms with Crippen molar-refractivity contribution in [2.75, 3.05) is 11.9 Å². The molecule has 1 saturated heterocycles. The van der Waals surface area contributed by atoms with Crippen LogP contribution in [0.3, 0.4) is 0 Å². The number of anilines is 1. The molecule has 32 heavy (non-hydrogen) atoms. The van der Waals surface area contributed by atoms with Crippen molar-refractivity contribution >= 4 is 34.7 Å². The van der Waals surface area contributed by atoms with Crippen LogP contribution in [0.15, 0.2) is 36.4 Å². The zero-order valence-corrected chi connectivity index (χ0v) is 19.9. The first-order valence-electron chi connectivity index (χ1n) is 12.1. The first kappa shape index (κ1) is 22.3. The van der Waals surface area contributed by atoms with E-state index in [0.29, 0.717) is 34.8 Å². The van der Waals surface area contributed by atoms with Gasteiger partial charge in [-0.2, -0.15) is 0 Å². The van der Waals surface area contributed by atoms with Gasteiger partial charge in [0.05, 0.1) is 16.1 Å². The van der Waals surface area contributed by atoms with Gasteiger partial charge in [-0.25, -0.2) is 0 Å². The lowest BCUT2D eigenvalue weighted by molar-refractivity contribution is -0.117. The van der Waals surface area contributed by atoms with E-state index in [1.165, 1.54) is 49.8 Å². The largest absolute Gasteiger partial charge is 0.381 e. The van der Waals surface area contributed by atoms with E-state index in [1.54, 1.807) is 6.07 Å². The highest BCUT2D eigenvalue weighted by Gasteiger charge is 2.42. The van der Waals surface area contributed by atoms with Gasteiger partial charge >= 0.3 is 0 Å². The van der Waals surface area contributed by atoms with Gasteiger partial charge in [0.1, 0.15) is 5.78 Å². The lowest BCUT2D eigenvalue weighted by Gasteiger charge is -2.47. The van der Waals surface area contributed by atoms with Gasteiger partial charge < -0.3 is 10.1 Å². The second-order valence-corrected chi connectivity index (χ2v) is 10.5. The summed E-state index contributed by atoms with van der Waals surface area (Å²) in [5.41, 5.74) is 4.25. The lowest BCUT2D eigenvalue weighted by Crippen LogP contribution is -2.46. The number of ketones is 1. The molecule has 2 heterocycles. The number of nitrogens with one attached hydrogen (secondary N) is 1. The highest BCUT2D eigenvalue weighted by Crippen LogP contribution is 2.47. The van der Waals surface area contributed by atoms with Crippen molar-refractivity contribution in [3.63, 3.8) is 0 Å². The Balaban J connectivity index is 1.34. The maximum Gasteiger partial charge on any atom is 0.141 e. The Morgan fingerprint density at radius 2 is 1.84 bits per heavy atom. The second kappa shape index (κ2) is 9.75. The van der Waals surface area contributed by atoms with Gasteiger partial charge in [0.15, 0.2) is 0 Å². The van der Waals surface area contributed by atoms with E-state index in [4.69, 9.17) is 27.9 Å². The van der Waals surface area contributed by atoms with Crippen LogP contribution in [0.5, 0.6) is 0 Å². The number of rotatable bonds is 5. The summed E-state index contributed by atoms with van der Waals surface area (Å²) < 4.78 is 6.36. The Morgan fingerprint density at radius 1 is 1.00 bits per heavy atom. The molecule has 1 saturated carbocycles. The molecule has 2 aromatic rings. The first-order chi connectivity index (χ1) is 15.6. The van der Waals surface area contributed by atoms with Crippen LogP contribution in [0, 0.1) is 11.8 Å². The summed E-state index contributed by atoms with van der Waals surface area (Å²) in [6.45, 7) is 0.828. The zero-order valence-electron chi connectivity index (χ0n) is 18.4. The SMILES string of the molecule is O=C(Cc1ccc2c(c1)[C@H]1OCCC[C@H]1[C@@H](C1CCCCC1)N2)Cc1cccc(Cl)c1Cl. The van der Waals surface area contributed by atoms with Gasteiger partial charge in [0.2, 0.25) is 0 Å². The molecular weight excluding hydrogens is 441 g/mol. The Labute approximate surface area is 200 Å². The summed E-state index contributed by atoms with van der Waals surface area (Å²) in [6, 6.07) is 12.4. The minimum absolute atomic E-state index is 0.138. The molecule has 0 unspecified atom stereocenters. The van der Waals surface area contributed by atoms with Crippen LogP contribution in [0.25, 0.3) is 0 Å². The topological polar surface area (TPSA) is 38.3 Å². The van der Waals surface area contributed by atoms with Crippen LogP contribution in [0.2, 0.25) is 10.0 Å². The molecule has 1 aliphatic carbocycles. The predicted octanol–water partition coefficient (Wildman–Crippen LogP) is 7.19. The monoisotopic (exact) mass is 471 g/mol. The van der Waals surface area contributed by atoms with E-state index in [9.17, 15) is 4.79 Å². The molecule has 2 fully saturated rings. The third kappa shape index (κ3) is 4.58. The van der Waals surface area contributed by atoms with E-state index in [1.807, 2.05) is 12.1 Å². The number of hydrogen-bond acceptors (Lipinski definition) is 3. The van der Waals surface area contributed by atoms with Crippen LogP contribution >= 0.6 is 23.2 Å². The van der Waals surface area contributed by atoms with Crippen molar-refractivity contribution in [1.82, 2.24) is 0 Å². The standard InChI is InChI=1S/C27H31Cl2NO2/c28-23-10-4-8-19(25(23)29)16-20(31)14-17-11-12-24-22(15-17)27-21(9-5-13-32-27)26(30-24)18-6-2-1-3-7-18/h4,8,10-12,15,18,21,26-27,30H,1-3,5-7,9,13-14,16H2/t21-,26+,27-/m0/s1. The Kier molecular flexibility index (Phi) is 6.78. The van der Waals surface area contributed by atoms with Gasteiger partial charge in [0, 0.05) is 42.7 Å². The van der Waals surface area contributed by atoms with Gasteiger partial charge in [0.25, 0.3) is 0 Å². The van der Waals surface area contributed by atoms with E-state index >= 15 is 0 Å². The summed E-state index contributed by atoms with van der Waals surface area (Å²) in [5, 5.41) is 4.87. The minimum atomic E-state index is 0.138. The molecular formula is C27H31Cl2NO2. The van der Waals surface area contributed by atoms with Crippen LogP contribution in [0.1, 0.15) is 67.7 Å². The Hall–Kier alpha value is -1.55. The third-order valence-corrected chi connectivity index (χ3v) is 8.41. The van der Waals surface area contributed by atoms with Gasteiger partial charge in [-0.15, -0.1) is 0 Å². The van der Waals surface area contributed by atoms with Crippen molar-refractivity contribution in [3.8, 4) is 0 Å². The highest BCUT2D eigenvalue weighted by molar-refractivity contribution is 6.42. The molecule has 170 valence electrons. The molecule has 1 N–H and O–H groups in total. The quantitative estimate of drug-likeness (QED) is 0.501. The number of benzene rings is 2. The second-order valence-electron chi connectivity index (χ2n) is 9.69. The lowest BCUT2D eigenvalue weighted by atomic mass is 9.71. The maximum absolute atomic E-state index is 12.8. The van der Waals surface area contributed by atoms with Crippen molar-refractivity contribution in [2.45, 2.75) is 69.9 Å². The molecule has 3 aliphatic rings. The van der Waals surface area contributed by atoms with Crippen molar-refractivity contribution in [1.29, 1.82) is 0 Å². The fourth-order valence-electron chi connectivity index (χ4n) is 6.02. The predicted molar refractivity (Wildman–Crippen MR) is 131 cm³/mol. The summed E-state index contributed by atoms with van der Waals surface area (Å²) in [7, 11) is 0. The van der Waals surface area contributed by atoms with E-state index in [2.05, 4.69) is 23.5 Å². The van der Waals surface area contributed by atoms with Crippen LogP contribution < -0.4 is 5.32 Å². The zero-order chi connectivity index (χ0) is 22.1. The van der Waals surface area contributed by atoms with Gasteiger partial charge in [-0.05, 0) is 54.9 Å². The number of halogens is 2. The molecule has 0 aromatic heterocycles. The third-order valence-electron chi connectivity index (χ3n) is 7.55. The summed E-state index contributed by atoms with van der Waals surface area (Å²) in [4.78, 5) is 12.8. The maximum atomic E-state index is 12.8. The molecule has 0 spiro atoms. The normalized spacial score (nSPS) is 25.5. The van der Waals surface area contributed by atoms with Crippen molar-refractivity contribution < 1.29 is 9.53 Å². The van der Waals surface area contributed by atoms with E-state index < -0.39 is 0 Å². The molecule has 2 aromatic carbocycles. The number of ether oxygens (including phenoxy) is 1. The molecule has 2 aliphatic heterocycles. The minimum Gasteiger partial charge on any atom is -0.381 e. The summed E-state index contributed by atoms with van der Waals surface area (Å²) >= 11 is 12.4. The highest BCUT2D eigenvalue weighted by atomic mass is 35.5. The average Bonchev–Trinajstić information content (AvgIpc) is 2.82. The van der Waals surface area contributed by atoms with Crippen LogP contribution in [0.4, 0.5) is 5.69 Å². The smallest absolute Gasteiger partial charge is 0.141 e. The molecule has 0 bridgehead atoms. The average molecular weight is 472 g/mol. The molecule has 0 radical (unpaired) electrons. The number of fused-ring (bicyclic) bond motifs is 3. The van der Waals surface area contributed by atoms with E-state index in [0.717, 1.165) is 30.1 Å². The van der Waals surface area contributed by atoms with Crippen molar-refractivity contribution in [3.05, 3.63) is 63.1 Å². The molecule has 3 nitrogen and oxygen atoms in total. The molecule has 5 rings (SSSR count). The number of Topliss-reactive ketones (excluding diaryl/α,β-unsaturated/α-hetero) is 1. The van der Waals surface area contributed by atoms with Crippen LogP contribution in [-0.4, -0.2) is 18.4 Å².